The zero-order valence-electron chi connectivity index (χ0n) is 10.5. The van der Waals surface area contributed by atoms with Crippen molar-refractivity contribution in [3.8, 4) is 0 Å². The van der Waals surface area contributed by atoms with Crippen molar-refractivity contribution in [3.63, 3.8) is 0 Å². The number of carbonyl (C=O) groups is 1. The monoisotopic (exact) mass is 228 g/mol. The van der Waals surface area contributed by atoms with Gasteiger partial charge in [0.2, 0.25) is 0 Å². The molecule has 0 amide bonds. The van der Waals surface area contributed by atoms with Gasteiger partial charge in [-0.05, 0) is 38.2 Å². The zero-order valence-corrected chi connectivity index (χ0v) is 10.5. The average Bonchev–Trinajstić information content (AvgIpc) is 2.30. The lowest BCUT2D eigenvalue weighted by molar-refractivity contribution is -0.134. The first kappa shape index (κ1) is 11.0. The van der Waals surface area contributed by atoms with Crippen LogP contribution in [0, 0.1) is 12.8 Å². The number of carbonyl (C=O) groups excluding carboxylic acids is 1. The molecular formula is C16H20O. The van der Waals surface area contributed by atoms with Crippen molar-refractivity contribution in [2.45, 2.75) is 50.9 Å². The molecule has 1 aromatic carbocycles. The highest BCUT2D eigenvalue weighted by Crippen LogP contribution is 2.47. The predicted octanol–water partition coefficient (Wildman–Crippen LogP) is 3.79. The minimum absolute atomic E-state index is 0.116. The van der Waals surface area contributed by atoms with Gasteiger partial charge >= 0.3 is 0 Å². The third-order valence-corrected chi connectivity index (χ3v) is 4.76. The molecule has 0 atom stereocenters. The van der Waals surface area contributed by atoms with Gasteiger partial charge in [-0.25, -0.2) is 0 Å². The standard InChI is InChI=1S/C16H20O/c1-12-6-8-14(9-7-12)16-10-2-4-13(15(16)17)5-3-11-16/h6-9,13H,2-5,10-11H2,1H3. The summed E-state index contributed by atoms with van der Waals surface area (Å²) in [6, 6.07) is 8.66. The summed E-state index contributed by atoms with van der Waals surface area (Å²) in [4.78, 5) is 12.6. The summed E-state index contributed by atoms with van der Waals surface area (Å²) in [5.74, 6) is 0.901. The molecule has 1 aromatic rings. The average molecular weight is 228 g/mol. The van der Waals surface area contributed by atoms with E-state index in [9.17, 15) is 4.79 Å². The number of rotatable bonds is 1. The highest BCUT2D eigenvalue weighted by molar-refractivity contribution is 5.93. The molecule has 2 saturated carbocycles. The molecule has 1 nitrogen and oxygen atoms in total. The van der Waals surface area contributed by atoms with E-state index in [4.69, 9.17) is 0 Å². The Labute approximate surface area is 103 Å². The number of aryl methyl sites for hydroxylation is 1. The fourth-order valence-electron chi connectivity index (χ4n) is 3.77. The molecule has 90 valence electrons. The fraction of sp³-hybridized carbons (Fsp3) is 0.562. The van der Waals surface area contributed by atoms with Crippen LogP contribution in [0.15, 0.2) is 24.3 Å². The lowest BCUT2D eigenvalue weighted by Gasteiger charge is -2.44. The summed E-state index contributed by atoms with van der Waals surface area (Å²) < 4.78 is 0. The van der Waals surface area contributed by atoms with Crippen molar-refractivity contribution in [3.05, 3.63) is 35.4 Å². The molecule has 17 heavy (non-hydrogen) atoms. The highest BCUT2D eigenvalue weighted by atomic mass is 16.1. The molecule has 2 aliphatic carbocycles. The molecule has 0 heterocycles. The Balaban J connectivity index is 2.03. The molecule has 2 fully saturated rings. The summed E-state index contributed by atoms with van der Waals surface area (Å²) in [7, 11) is 0. The van der Waals surface area contributed by atoms with Gasteiger partial charge in [-0.2, -0.15) is 0 Å². The van der Waals surface area contributed by atoms with Gasteiger partial charge in [-0.1, -0.05) is 42.7 Å². The summed E-state index contributed by atoms with van der Waals surface area (Å²) >= 11 is 0. The summed E-state index contributed by atoms with van der Waals surface area (Å²) in [6.07, 6.45) is 6.87. The number of hydrogen-bond acceptors (Lipinski definition) is 1. The lowest BCUT2D eigenvalue weighted by Crippen LogP contribution is -2.46. The summed E-state index contributed by atoms with van der Waals surface area (Å²) in [5.41, 5.74) is 2.44. The third kappa shape index (κ3) is 1.64. The SMILES string of the molecule is Cc1ccc(C23CCCC(CCC2)C3=O)cc1. The van der Waals surface area contributed by atoms with E-state index < -0.39 is 0 Å². The number of fused-ring (bicyclic) bond motifs is 2. The number of ketones is 1. The number of Topliss-reactive ketones (excluding diaryl/α,β-unsaturated/α-hetero) is 1. The molecule has 0 spiro atoms. The topological polar surface area (TPSA) is 17.1 Å². The number of benzene rings is 1. The van der Waals surface area contributed by atoms with Crippen LogP contribution in [0.1, 0.15) is 49.7 Å². The zero-order chi connectivity index (χ0) is 11.9. The molecule has 3 rings (SSSR count). The second-order valence-electron chi connectivity index (χ2n) is 5.79. The Bertz CT molecular complexity index is 419. The summed E-state index contributed by atoms with van der Waals surface area (Å²) in [6.45, 7) is 2.10. The van der Waals surface area contributed by atoms with Crippen LogP contribution in [0.5, 0.6) is 0 Å². The minimum atomic E-state index is -0.116. The molecule has 0 radical (unpaired) electrons. The van der Waals surface area contributed by atoms with Gasteiger partial charge in [-0.15, -0.1) is 0 Å². The van der Waals surface area contributed by atoms with E-state index in [-0.39, 0.29) is 5.41 Å². The smallest absolute Gasteiger partial charge is 0.146 e. The quantitative estimate of drug-likeness (QED) is 0.714. The van der Waals surface area contributed by atoms with Crippen LogP contribution in [0.25, 0.3) is 0 Å². The van der Waals surface area contributed by atoms with Gasteiger partial charge in [0.1, 0.15) is 5.78 Å². The fourth-order valence-corrected chi connectivity index (χ4v) is 3.77. The first-order chi connectivity index (χ1) is 8.22. The lowest BCUT2D eigenvalue weighted by atomic mass is 9.58. The van der Waals surface area contributed by atoms with Gasteiger partial charge in [0.05, 0.1) is 5.41 Å². The van der Waals surface area contributed by atoms with Crippen LogP contribution in [-0.4, -0.2) is 5.78 Å². The van der Waals surface area contributed by atoms with E-state index in [1.165, 1.54) is 24.0 Å². The number of hydrogen-bond donors (Lipinski definition) is 0. The van der Waals surface area contributed by atoms with E-state index in [2.05, 4.69) is 31.2 Å². The molecule has 1 heteroatoms. The molecule has 0 aliphatic heterocycles. The van der Waals surface area contributed by atoms with Crippen LogP contribution in [0.4, 0.5) is 0 Å². The molecule has 0 unspecified atom stereocenters. The van der Waals surface area contributed by atoms with Gasteiger partial charge in [0, 0.05) is 5.92 Å². The van der Waals surface area contributed by atoms with E-state index in [0.29, 0.717) is 11.7 Å². The maximum Gasteiger partial charge on any atom is 0.146 e. The van der Waals surface area contributed by atoms with E-state index in [0.717, 1.165) is 25.7 Å². The molecule has 0 saturated heterocycles. The van der Waals surface area contributed by atoms with Crippen molar-refractivity contribution in [1.82, 2.24) is 0 Å². The Morgan fingerprint density at radius 2 is 1.65 bits per heavy atom. The normalized spacial score (nSPS) is 32.5. The third-order valence-electron chi connectivity index (χ3n) is 4.76. The molecule has 0 N–H and O–H groups in total. The van der Waals surface area contributed by atoms with E-state index >= 15 is 0 Å². The largest absolute Gasteiger partial charge is 0.298 e. The van der Waals surface area contributed by atoms with Crippen LogP contribution in [0.2, 0.25) is 0 Å². The highest BCUT2D eigenvalue weighted by Gasteiger charge is 2.47. The molecular weight excluding hydrogens is 208 g/mol. The van der Waals surface area contributed by atoms with Crippen molar-refractivity contribution >= 4 is 5.78 Å². The Morgan fingerprint density at radius 3 is 2.24 bits per heavy atom. The van der Waals surface area contributed by atoms with Crippen molar-refractivity contribution in [2.24, 2.45) is 5.92 Å². The Hall–Kier alpha value is -1.11. The Kier molecular flexibility index (Phi) is 2.57. The molecule has 2 bridgehead atoms. The predicted molar refractivity (Wildman–Crippen MR) is 69.1 cm³/mol. The van der Waals surface area contributed by atoms with E-state index in [1.54, 1.807) is 0 Å². The van der Waals surface area contributed by atoms with Crippen LogP contribution in [0.3, 0.4) is 0 Å². The van der Waals surface area contributed by atoms with E-state index in [1.807, 2.05) is 0 Å². The molecule has 0 aromatic heterocycles. The minimum Gasteiger partial charge on any atom is -0.298 e. The van der Waals surface area contributed by atoms with Gasteiger partial charge < -0.3 is 0 Å². The van der Waals surface area contributed by atoms with Crippen molar-refractivity contribution < 1.29 is 4.79 Å². The van der Waals surface area contributed by atoms with Crippen LogP contribution >= 0.6 is 0 Å². The second-order valence-corrected chi connectivity index (χ2v) is 5.79. The van der Waals surface area contributed by atoms with Crippen molar-refractivity contribution in [1.29, 1.82) is 0 Å². The van der Waals surface area contributed by atoms with Crippen LogP contribution in [-0.2, 0) is 10.2 Å². The van der Waals surface area contributed by atoms with Gasteiger partial charge in [0.25, 0.3) is 0 Å². The first-order valence-corrected chi connectivity index (χ1v) is 6.84. The Morgan fingerprint density at radius 1 is 1.06 bits per heavy atom. The first-order valence-electron chi connectivity index (χ1n) is 6.84. The maximum atomic E-state index is 12.6. The second kappa shape index (κ2) is 3.97. The molecule has 2 aliphatic rings. The maximum absolute atomic E-state index is 12.6. The van der Waals surface area contributed by atoms with Gasteiger partial charge in [-0.3, -0.25) is 4.79 Å². The van der Waals surface area contributed by atoms with Gasteiger partial charge in [0.15, 0.2) is 0 Å². The summed E-state index contributed by atoms with van der Waals surface area (Å²) in [5, 5.41) is 0. The van der Waals surface area contributed by atoms with Crippen molar-refractivity contribution in [2.75, 3.05) is 0 Å². The van der Waals surface area contributed by atoms with Crippen LogP contribution < -0.4 is 0 Å².